The summed E-state index contributed by atoms with van der Waals surface area (Å²) in [5, 5.41) is 11.2. The fourth-order valence-corrected chi connectivity index (χ4v) is 3.93. The van der Waals surface area contributed by atoms with Crippen molar-refractivity contribution in [1.29, 1.82) is 0 Å². The van der Waals surface area contributed by atoms with Crippen molar-refractivity contribution >= 4 is 50.3 Å². The van der Waals surface area contributed by atoms with Crippen molar-refractivity contribution in [2.75, 3.05) is 18.0 Å². The average molecular weight is 488 g/mol. The highest BCUT2D eigenvalue weighted by atomic mass is 79.9. The Hall–Kier alpha value is -2.00. The van der Waals surface area contributed by atoms with E-state index in [9.17, 15) is 14.7 Å². The number of nitrogens with one attached hydrogen (secondary N) is 1. The fourth-order valence-electron chi connectivity index (χ4n) is 3.42. The number of aromatic hydroxyl groups is 1. The van der Waals surface area contributed by atoms with E-state index >= 15 is 0 Å². The molecule has 1 aliphatic heterocycles. The predicted octanol–water partition coefficient (Wildman–Crippen LogP) is 3.88. The third-order valence-corrected chi connectivity index (χ3v) is 6.09. The third-order valence-electron chi connectivity index (χ3n) is 4.76. The Morgan fingerprint density at radius 1 is 1.34 bits per heavy atom. The number of carbonyl (C=O) groups excluding carboxylic acids is 1. The summed E-state index contributed by atoms with van der Waals surface area (Å²) >= 11 is 9.44. The maximum Gasteiger partial charge on any atom is 0.410 e. The molecule has 2 atom stereocenters. The van der Waals surface area contributed by atoms with Crippen LogP contribution in [0, 0.1) is 0 Å². The van der Waals surface area contributed by atoms with Gasteiger partial charge in [-0.05, 0) is 56.6 Å². The van der Waals surface area contributed by atoms with Gasteiger partial charge in [-0.25, -0.2) is 9.59 Å². The smallest absolute Gasteiger partial charge is 0.410 e. The number of phenols is 1. The van der Waals surface area contributed by atoms with Crippen LogP contribution in [0.5, 0.6) is 5.75 Å². The Kier molecular flexibility index (Phi) is 5.75. The molecule has 8 nitrogen and oxygen atoms in total. The van der Waals surface area contributed by atoms with Crippen molar-refractivity contribution in [2.24, 2.45) is 0 Å². The summed E-state index contributed by atoms with van der Waals surface area (Å²) in [5.74, 6) is 0.262. The van der Waals surface area contributed by atoms with Gasteiger partial charge in [-0.2, -0.15) is 4.98 Å². The van der Waals surface area contributed by atoms with Gasteiger partial charge in [0.25, 0.3) is 0 Å². The Morgan fingerprint density at radius 2 is 2.00 bits per heavy atom. The summed E-state index contributed by atoms with van der Waals surface area (Å²) in [7, 11) is 0. The van der Waals surface area contributed by atoms with Crippen LogP contribution in [0.1, 0.15) is 34.6 Å². The van der Waals surface area contributed by atoms with E-state index in [0.29, 0.717) is 33.8 Å². The van der Waals surface area contributed by atoms with Crippen LogP contribution in [-0.4, -0.2) is 56.8 Å². The number of rotatable bonds is 1. The highest BCUT2D eigenvalue weighted by Gasteiger charge is 2.36. The molecule has 0 spiro atoms. The maximum absolute atomic E-state index is 12.6. The van der Waals surface area contributed by atoms with E-state index in [-0.39, 0.29) is 29.4 Å². The molecule has 0 radical (unpaired) electrons. The molecule has 1 amide bonds. The van der Waals surface area contributed by atoms with Crippen molar-refractivity contribution in [3.8, 4) is 5.75 Å². The number of halogens is 2. The Morgan fingerprint density at radius 3 is 2.62 bits per heavy atom. The first-order chi connectivity index (χ1) is 13.4. The monoisotopic (exact) mass is 486 g/mol. The SMILES string of the molecule is CC1CN(c2nc(=O)[nH]c3c(O)c(Br)c(Cl)cc23)C(C)CN1C(=O)OC(C)(C)C. The molecule has 29 heavy (non-hydrogen) atoms. The molecule has 1 fully saturated rings. The lowest BCUT2D eigenvalue weighted by Crippen LogP contribution is -2.59. The summed E-state index contributed by atoms with van der Waals surface area (Å²) in [5.41, 5.74) is -0.902. The quantitative estimate of drug-likeness (QED) is 0.633. The number of ether oxygens (including phenoxy) is 1. The number of H-pyrrole nitrogens is 1. The molecular weight excluding hydrogens is 464 g/mol. The van der Waals surface area contributed by atoms with E-state index in [4.69, 9.17) is 16.3 Å². The topological polar surface area (TPSA) is 98.8 Å². The van der Waals surface area contributed by atoms with Crippen LogP contribution >= 0.6 is 27.5 Å². The molecule has 158 valence electrons. The van der Waals surface area contributed by atoms with E-state index in [1.54, 1.807) is 11.0 Å². The van der Waals surface area contributed by atoms with Crippen LogP contribution in [0.25, 0.3) is 10.9 Å². The van der Waals surface area contributed by atoms with Gasteiger partial charge in [-0.3, -0.25) is 0 Å². The highest BCUT2D eigenvalue weighted by Crippen LogP contribution is 2.40. The van der Waals surface area contributed by atoms with E-state index in [0.717, 1.165) is 0 Å². The van der Waals surface area contributed by atoms with Gasteiger partial charge in [0, 0.05) is 30.6 Å². The summed E-state index contributed by atoms with van der Waals surface area (Å²) in [6.07, 6.45) is -0.371. The molecule has 10 heteroatoms. The Bertz CT molecular complexity index is 1020. The van der Waals surface area contributed by atoms with Gasteiger partial charge in [0.05, 0.1) is 15.0 Å². The average Bonchev–Trinajstić information content (AvgIpc) is 2.60. The molecule has 1 aromatic carbocycles. The largest absolute Gasteiger partial charge is 0.505 e. The summed E-state index contributed by atoms with van der Waals surface area (Å²) in [6, 6.07) is 1.34. The van der Waals surface area contributed by atoms with Crippen molar-refractivity contribution in [2.45, 2.75) is 52.3 Å². The summed E-state index contributed by atoms with van der Waals surface area (Å²) in [4.78, 5) is 35.1. The van der Waals surface area contributed by atoms with Crippen LogP contribution in [0.15, 0.2) is 15.3 Å². The summed E-state index contributed by atoms with van der Waals surface area (Å²) < 4.78 is 5.81. The molecule has 1 aliphatic rings. The van der Waals surface area contributed by atoms with E-state index < -0.39 is 11.3 Å². The zero-order valence-electron chi connectivity index (χ0n) is 16.9. The van der Waals surface area contributed by atoms with Gasteiger partial charge in [0.15, 0.2) is 5.75 Å². The first-order valence-electron chi connectivity index (χ1n) is 9.26. The number of nitrogens with zero attached hydrogens (tertiary/aromatic N) is 3. The number of aromatic amines is 1. The lowest BCUT2D eigenvalue weighted by atomic mass is 10.1. The number of benzene rings is 1. The van der Waals surface area contributed by atoms with Gasteiger partial charge in [-0.15, -0.1) is 0 Å². The predicted molar refractivity (Wildman–Crippen MR) is 116 cm³/mol. The van der Waals surface area contributed by atoms with Crippen LogP contribution in [-0.2, 0) is 4.74 Å². The zero-order chi connectivity index (χ0) is 21.7. The lowest BCUT2D eigenvalue weighted by Gasteiger charge is -2.44. The van der Waals surface area contributed by atoms with E-state index in [1.807, 2.05) is 39.5 Å². The maximum atomic E-state index is 12.6. The van der Waals surface area contributed by atoms with Crippen LogP contribution < -0.4 is 10.6 Å². The molecule has 2 aromatic rings. The minimum Gasteiger partial charge on any atom is -0.505 e. The van der Waals surface area contributed by atoms with Crippen molar-refractivity contribution in [1.82, 2.24) is 14.9 Å². The van der Waals surface area contributed by atoms with Crippen LogP contribution in [0.4, 0.5) is 10.6 Å². The fraction of sp³-hybridized carbons (Fsp3) is 0.526. The zero-order valence-corrected chi connectivity index (χ0v) is 19.3. The first-order valence-corrected chi connectivity index (χ1v) is 10.4. The van der Waals surface area contributed by atoms with Gasteiger partial charge < -0.3 is 24.6 Å². The van der Waals surface area contributed by atoms with Crippen molar-refractivity contribution in [3.05, 3.63) is 26.0 Å². The number of hydrogen-bond acceptors (Lipinski definition) is 6. The molecular formula is C19H24BrClN4O4. The minimum absolute atomic E-state index is 0.138. The molecule has 1 saturated heterocycles. The number of hydrogen-bond donors (Lipinski definition) is 2. The number of anilines is 1. The second kappa shape index (κ2) is 7.68. The Balaban J connectivity index is 2.00. The number of carbonyl (C=O) groups is 1. The number of piperazine rings is 1. The van der Waals surface area contributed by atoms with Crippen molar-refractivity contribution < 1.29 is 14.6 Å². The number of aromatic nitrogens is 2. The number of phenolic OH excluding ortho intramolecular Hbond substituents is 1. The second-order valence-corrected chi connectivity index (χ2v) is 9.49. The first kappa shape index (κ1) is 21.7. The third kappa shape index (κ3) is 4.30. The molecule has 2 N–H and O–H groups in total. The molecule has 2 unspecified atom stereocenters. The van der Waals surface area contributed by atoms with Gasteiger partial charge in [0.1, 0.15) is 11.4 Å². The Labute approximate surface area is 181 Å². The standard InChI is InChI=1S/C19H24BrClN4O4/c1-9-8-25(18(28)29-19(3,4)5)10(2)7-24(9)16-11-6-12(21)13(20)15(26)14(11)22-17(27)23-16/h6,9-10,26H,7-8H2,1-5H3,(H,22,23,27). The minimum atomic E-state index is -0.580. The summed E-state index contributed by atoms with van der Waals surface area (Å²) in [6.45, 7) is 10.2. The number of amides is 1. The molecule has 3 rings (SSSR count). The molecule has 1 aromatic heterocycles. The van der Waals surface area contributed by atoms with E-state index in [2.05, 4.69) is 25.9 Å². The van der Waals surface area contributed by atoms with E-state index in [1.165, 1.54) is 0 Å². The molecule has 0 saturated carbocycles. The molecule has 0 bridgehead atoms. The van der Waals surface area contributed by atoms with Crippen LogP contribution in [0.3, 0.4) is 0 Å². The van der Waals surface area contributed by atoms with Crippen LogP contribution in [0.2, 0.25) is 5.02 Å². The normalized spacial score (nSPS) is 20.2. The molecule has 2 heterocycles. The molecule has 0 aliphatic carbocycles. The second-order valence-electron chi connectivity index (χ2n) is 8.29. The van der Waals surface area contributed by atoms with Gasteiger partial charge >= 0.3 is 11.8 Å². The van der Waals surface area contributed by atoms with Gasteiger partial charge in [0.2, 0.25) is 0 Å². The highest BCUT2D eigenvalue weighted by molar-refractivity contribution is 9.10. The van der Waals surface area contributed by atoms with Crippen molar-refractivity contribution in [3.63, 3.8) is 0 Å². The number of fused-ring (bicyclic) bond motifs is 1. The lowest BCUT2D eigenvalue weighted by molar-refractivity contribution is 0.0130. The van der Waals surface area contributed by atoms with Gasteiger partial charge in [-0.1, -0.05) is 11.6 Å².